The molecule has 0 aromatic heterocycles. The molecule has 2 fully saturated rings. The Morgan fingerprint density at radius 3 is 2.56 bits per heavy atom. The van der Waals surface area contributed by atoms with Gasteiger partial charge in [0, 0.05) is 29.6 Å². The smallest absolute Gasteiger partial charge is 0.264 e. The normalized spacial score (nSPS) is 30.7. The number of phenolic OH excluding ortho intramolecular Hbond substituents is 1. The Hall–Kier alpha value is -2.79. The first kappa shape index (κ1) is 26.4. The lowest BCUT2D eigenvalue weighted by Crippen LogP contribution is -2.75. The van der Waals surface area contributed by atoms with E-state index in [4.69, 9.17) is 16.3 Å². The molecule has 2 bridgehead atoms. The highest BCUT2D eigenvalue weighted by Crippen LogP contribution is 2.66. The number of amides is 1. The average Bonchev–Trinajstić information content (AvgIpc) is 3.61. The molecule has 3 aliphatic carbocycles. The number of aromatic hydroxyl groups is 1. The van der Waals surface area contributed by atoms with Crippen LogP contribution in [-0.4, -0.2) is 65.4 Å². The van der Waals surface area contributed by atoms with Crippen molar-refractivity contribution in [2.24, 2.45) is 5.92 Å². The molecule has 1 saturated carbocycles. The van der Waals surface area contributed by atoms with Gasteiger partial charge in [0.25, 0.3) is 15.9 Å². The monoisotopic (exact) mass is 574 g/mol. The number of phenols is 1. The molecule has 208 valence electrons. The van der Waals surface area contributed by atoms with Crippen LogP contribution in [0.4, 0.5) is 0 Å². The Labute approximate surface area is 232 Å². The van der Waals surface area contributed by atoms with Crippen molar-refractivity contribution in [1.82, 2.24) is 9.62 Å². The number of carbonyl (C=O) groups excluding carboxylic acids is 1. The van der Waals surface area contributed by atoms with E-state index in [0.717, 1.165) is 24.9 Å². The Balaban J connectivity index is 0.00000277. The highest BCUT2D eigenvalue weighted by Gasteiger charge is 2.73. The van der Waals surface area contributed by atoms with E-state index in [-0.39, 0.29) is 41.9 Å². The molecular weight excluding hydrogens is 544 g/mol. The third kappa shape index (κ3) is 3.58. The number of nitrogens with zero attached hydrogens (tertiary/aromatic N) is 1. The van der Waals surface area contributed by atoms with E-state index in [2.05, 4.69) is 4.90 Å². The van der Waals surface area contributed by atoms with Crippen LogP contribution < -0.4 is 9.46 Å². The molecular formula is C28H31ClN2O7S. The van der Waals surface area contributed by atoms with Crippen LogP contribution in [0.2, 0.25) is 5.02 Å². The van der Waals surface area contributed by atoms with Crippen molar-refractivity contribution in [1.29, 1.82) is 0 Å². The van der Waals surface area contributed by atoms with Gasteiger partial charge in [-0.2, -0.15) is 0 Å². The Bertz CT molecular complexity index is 1520. The summed E-state index contributed by atoms with van der Waals surface area (Å²) < 4.78 is 34.1. The minimum atomic E-state index is -4.28. The van der Waals surface area contributed by atoms with Gasteiger partial charge in [-0.05, 0) is 74.0 Å². The molecule has 1 saturated heterocycles. The number of rotatable bonds is 5. The molecule has 1 amide bonds. The SMILES string of the molecule is C.O=C(NS(=O)(=O)c1ccc(Cl)cc1)C1=C(O)[C@@H]2Oc3c(O)ccc4c3[C@@]23CCN(CC2CC2)[C@H](C4)[C@]3(O)C1. The zero-order chi connectivity index (χ0) is 26.6. The number of aliphatic hydroxyl groups excluding tert-OH is 1. The second-order valence-electron chi connectivity index (χ2n) is 11.2. The summed E-state index contributed by atoms with van der Waals surface area (Å²) in [7, 11) is -4.28. The van der Waals surface area contributed by atoms with Crippen LogP contribution in [0.5, 0.6) is 11.5 Å². The third-order valence-corrected chi connectivity index (χ3v) is 10.7. The highest BCUT2D eigenvalue weighted by molar-refractivity contribution is 7.90. The molecule has 0 radical (unpaired) electrons. The molecule has 5 aliphatic rings. The number of ether oxygens (including phenoxy) is 1. The van der Waals surface area contributed by atoms with Gasteiger partial charge in [0.15, 0.2) is 17.6 Å². The maximum atomic E-state index is 13.4. The zero-order valence-electron chi connectivity index (χ0n) is 20.4. The van der Waals surface area contributed by atoms with Gasteiger partial charge in [-0.1, -0.05) is 25.1 Å². The van der Waals surface area contributed by atoms with Crippen molar-refractivity contribution in [3.05, 3.63) is 63.9 Å². The summed E-state index contributed by atoms with van der Waals surface area (Å²) in [6.07, 6.45) is 1.86. The van der Waals surface area contributed by atoms with Gasteiger partial charge in [-0.25, -0.2) is 13.1 Å². The predicted molar refractivity (Wildman–Crippen MR) is 143 cm³/mol. The van der Waals surface area contributed by atoms with Crippen LogP contribution in [0.3, 0.4) is 0 Å². The molecule has 2 aliphatic heterocycles. The summed E-state index contributed by atoms with van der Waals surface area (Å²) in [5, 5.41) is 35.0. The van der Waals surface area contributed by atoms with Crippen molar-refractivity contribution in [3.63, 3.8) is 0 Å². The van der Waals surface area contributed by atoms with Crippen LogP contribution in [0, 0.1) is 5.92 Å². The molecule has 1 spiro atoms. The zero-order valence-corrected chi connectivity index (χ0v) is 21.9. The van der Waals surface area contributed by atoms with E-state index >= 15 is 0 Å². The number of sulfonamides is 1. The lowest BCUT2D eigenvalue weighted by molar-refractivity contribution is -0.172. The molecule has 4 N–H and O–H groups in total. The quantitative estimate of drug-likeness (QED) is 0.427. The van der Waals surface area contributed by atoms with E-state index in [9.17, 15) is 28.5 Å². The second kappa shape index (κ2) is 8.60. The van der Waals surface area contributed by atoms with Crippen LogP contribution >= 0.6 is 11.6 Å². The lowest BCUT2D eigenvalue weighted by Gasteiger charge is -2.62. The van der Waals surface area contributed by atoms with Crippen molar-refractivity contribution in [3.8, 4) is 11.5 Å². The summed E-state index contributed by atoms with van der Waals surface area (Å²) in [5.74, 6) is -0.766. The number of halogens is 1. The minimum absolute atomic E-state index is 0. The molecule has 39 heavy (non-hydrogen) atoms. The van der Waals surface area contributed by atoms with E-state index < -0.39 is 38.8 Å². The van der Waals surface area contributed by atoms with E-state index in [1.165, 1.54) is 24.3 Å². The highest BCUT2D eigenvalue weighted by atomic mass is 35.5. The molecule has 11 heteroatoms. The number of aliphatic hydroxyl groups is 2. The molecule has 2 heterocycles. The topological polar surface area (TPSA) is 136 Å². The number of carbonyl (C=O) groups is 1. The molecule has 9 nitrogen and oxygen atoms in total. The molecule has 0 unspecified atom stereocenters. The van der Waals surface area contributed by atoms with Crippen LogP contribution in [0.15, 0.2) is 52.6 Å². The Kier molecular flexibility index (Phi) is 5.83. The van der Waals surface area contributed by atoms with Gasteiger partial charge in [0.1, 0.15) is 5.76 Å². The molecule has 7 rings (SSSR count). The number of benzene rings is 2. The van der Waals surface area contributed by atoms with Crippen LogP contribution in [0.1, 0.15) is 44.2 Å². The van der Waals surface area contributed by atoms with Gasteiger partial charge in [-0.3, -0.25) is 9.69 Å². The fraction of sp³-hybridized carbons (Fsp3) is 0.464. The van der Waals surface area contributed by atoms with Crippen molar-refractivity contribution in [2.45, 2.75) is 67.6 Å². The van der Waals surface area contributed by atoms with Crippen molar-refractivity contribution < 1.29 is 33.3 Å². The summed E-state index contributed by atoms with van der Waals surface area (Å²) >= 11 is 5.87. The third-order valence-electron chi connectivity index (χ3n) is 9.14. The fourth-order valence-corrected chi connectivity index (χ4v) is 8.33. The minimum Gasteiger partial charge on any atom is -0.508 e. The van der Waals surface area contributed by atoms with Gasteiger partial charge in [0.05, 0.1) is 21.5 Å². The summed E-state index contributed by atoms with van der Waals surface area (Å²) in [6.45, 7) is 1.51. The number of likely N-dealkylation sites (tertiary alicyclic amines) is 1. The lowest BCUT2D eigenvalue weighted by atomic mass is 9.49. The summed E-state index contributed by atoms with van der Waals surface area (Å²) in [5.41, 5.74) is -1.20. The van der Waals surface area contributed by atoms with Crippen LogP contribution in [-0.2, 0) is 26.7 Å². The molecule has 2 aromatic carbocycles. The van der Waals surface area contributed by atoms with E-state index in [1.54, 1.807) is 6.07 Å². The van der Waals surface area contributed by atoms with E-state index in [0.29, 0.717) is 35.9 Å². The summed E-state index contributed by atoms with van der Waals surface area (Å²) in [6, 6.07) is 8.38. The maximum absolute atomic E-state index is 13.4. The maximum Gasteiger partial charge on any atom is 0.264 e. The number of piperidine rings is 1. The summed E-state index contributed by atoms with van der Waals surface area (Å²) in [4.78, 5) is 15.5. The Morgan fingerprint density at radius 1 is 1.15 bits per heavy atom. The van der Waals surface area contributed by atoms with Gasteiger partial charge < -0.3 is 20.1 Å². The first-order chi connectivity index (χ1) is 18.0. The first-order valence-corrected chi connectivity index (χ1v) is 14.6. The van der Waals surface area contributed by atoms with Gasteiger partial charge >= 0.3 is 0 Å². The standard InChI is InChI=1S/C27H27ClN2O7S.CH4/c28-16-4-6-17(7-5-16)38(35,36)29-25(33)18-12-27(34)20-11-15-3-8-19(31)23-21(15)26(27,24(37-23)22(18)32)9-10-30(20)13-14-1-2-14;/h3-8,14,20,24,31-32,34H,1-2,9-13H2,(H,29,33);1H4/t20-,24+,26+,27-;/m1./s1. The predicted octanol–water partition coefficient (Wildman–Crippen LogP) is 3.17. The van der Waals surface area contributed by atoms with E-state index in [1.807, 2.05) is 10.8 Å². The van der Waals surface area contributed by atoms with Crippen LogP contribution in [0.25, 0.3) is 0 Å². The average molecular weight is 575 g/mol. The second-order valence-corrected chi connectivity index (χ2v) is 13.3. The van der Waals surface area contributed by atoms with Gasteiger partial charge in [-0.15, -0.1) is 0 Å². The fourth-order valence-electron chi connectivity index (χ4n) is 7.22. The van der Waals surface area contributed by atoms with Crippen molar-refractivity contribution >= 4 is 27.5 Å². The number of nitrogens with one attached hydrogen (secondary N) is 1. The number of hydrogen-bond donors (Lipinski definition) is 4. The largest absolute Gasteiger partial charge is 0.508 e. The molecule has 4 atom stereocenters. The molecule has 2 aromatic rings. The van der Waals surface area contributed by atoms with Gasteiger partial charge in [0.2, 0.25) is 0 Å². The Morgan fingerprint density at radius 2 is 1.87 bits per heavy atom. The van der Waals surface area contributed by atoms with Crippen molar-refractivity contribution in [2.75, 3.05) is 13.1 Å². The first-order valence-electron chi connectivity index (χ1n) is 12.8. The number of hydrogen-bond acceptors (Lipinski definition) is 8.